The molecule has 2 N–H and O–H groups in total. The van der Waals surface area contributed by atoms with Crippen LogP contribution in [0.5, 0.6) is 0 Å². The number of aryl methyl sites for hydroxylation is 2. The Balaban J connectivity index is 1.25. The van der Waals surface area contributed by atoms with E-state index in [2.05, 4.69) is 20.5 Å². The van der Waals surface area contributed by atoms with Gasteiger partial charge in [-0.05, 0) is 63.5 Å². The molecule has 0 radical (unpaired) electrons. The van der Waals surface area contributed by atoms with Crippen molar-refractivity contribution in [3.05, 3.63) is 59.5 Å². The maximum atomic E-state index is 12.3. The van der Waals surface area contributed by atoms with E-state index in [1.165, 1.54) is 0 Å². The van der Waals surface area contributed by atoms with E-state index in [-0.39, 0.29) is 18.4 Å². The molecule has 4 rings (SSSR count). The van der Waals surface area contributed by atoms with Gasteiger partial charge in [0.05, 0.1) is 6.54 Å². The van der Waals surface area contributed by atoms with E-state index in [4.69, 9.17) is 4.42 Å². The van der Waals surface area contributed by atoms with Crippen LogP contribution in [0.3, 0.4) is 0 Å². The average molecular weight is 406 g/mol. The van der Waals surface area contributed by atoms with Gasteiger partial charge in [-0.3, -0.25) is 15.0 Å². The molecule has 1 fully saturated rings. The van der Waals surface area contributed by atoms with Crippen molar-refractivity contribution in [1.82, 2.24) is 15.2 Å². The van der Waals surface area contributed by atoms with Gasteiger partial charge in [0.15, 0.2) is 11.5 Å². The highest BCUT2D eigenvalue weighted by molar-refractivity contribution is 6.02. The summed E-state index contributed by atoms with van der Waals surface area (Å²) in [5.74, 6) is 0.718. The number of anilines is 1. The number of urea groups is 1. The lowest BCUT2D eigenvalue weighted by Gasteiger charge is -2.29. The number of oxazole rings is 1. The van der Waals surface area contributed by atoms with Crippen molar-refractivity contribution in [2.45, 2.75) is 32.6 Å². The molecule has 0 saturated carbocycles. The smallest absolute Gasteiger partial charge is 0.325 e. The third-order valence-corrected chi connectivity index (χ3v) is 5.50. The molecule has 0 unspecified atom stereocenters. The molecule has 7 nitrogen and oxygen atoms in total. The van der Waals surface area contributed by atoms with Crippen molar-refractivity contribution in [3.8, 4) is 0 Å². The number of carbonyl (C=O) groups excluding carboxylic acids is 2. The molecular weight excluding hydrogens is 380 g/mol. The van der Waals surface area contributed by atoms with E-state index in [1.54, 1.807) is 0 Å². The summed E-state index contributed by atoms with van der Waals surface area (Å²) in [7, 11) is 0. The number of fused-ring (bicyclic) bond motifs is 1. The van der Waals surface area contributed by atoms with Gasteiger partial charge in [0.1, 0.15) is 5.52 Å². The SMILES string of the molecule is Cc1ccc(NC(=O)NC(=O)CN2CCC(c3nc4ccccc4o3)CC2)c(C)c1. The minimum absolute atomic E-state index is 0.195. The van der Waals surface area contributed by atoms with Gasteiger partial charge in [-0.1, -0.05) is 29.8 Å². The number of hydrogen-bond acceptors (Lipinski definition) is 5. The summed E-state index contributed by atoms with van der Waals surface area (Å²) in [5, 5.41) is 5.15. The molecule has 3 amide bonds. The molecular formula is C23H26N4O3. The zero-order valence-corrected chi connectivity index (χ0v) is 17.3. The van der Waals surface area contributed by atoms with Crippen LogP contribution >= 0.6 is 0 Å². The number of benzene rings is 2. The largest absolute Gasteiger partial charge is 0.440 e. The Labute approximate surface area is 175 Å². The van der Waals surface area contributed by atoms with Crippen molar-refractivity contribution >= 4 is 28.7 Å². The summed E-state index contributed by atoms with van der Waals surface area (Å²) in [4.78, 5) is 31.1. The molecule has 0 bridgehead atoms. The summed E-state index contributed by atoms with van der Waals surface area (Å²) >= 11 is 0. The van der Waals surface area contributed by atoms with Gasteiger partial charge in [0, 0.05) is 11.6 Å². The van der Waals surface area contributed by atoms with Crippen LogP contribution in [0, 0.1) is 13.8 Å². The molecule has 2 heterocycles. The van der Waals surface area contributed by atoms with Gasteiger partial charge in [0.2, 0.25) is 5.91 Å². The van der Waals surface area contributed by atoms with Crippen molar-refractivity contribution < 1.29 is 14.0 Å². The fourth-order valence-electron chi connectivity index (χ4n) is 3.88. The fourth-order valence-corrected chi connectivity index (χ4v) is 3.88. The lowest BCUT2D eigenvalue weighted by Crippen LogP contribution is -2.44. The number of rotatable bonds is 4. The van der Waals surface area contributed by atoms with Crippen LogP contribution in [0.25, 0.3) is 11.1 Å². The molecule has 30 heavy (non-hydrogen) atoms. The number of hydrogen-bond donors (Lipinski definition) is 2. The monoisotopic (exact) mass is 406 g/mol. The van der Waals surface area contributed by atoms with E-state index >= 15 is 0 Å². The van der Waals surface area contributed by atoms with Crippen LogP contribution in [0.1, 0.15) is 35.8 Å². The van der Waals surface area contributed by atoms with E-state index in [1.807, 2.05) is 56.3 Å². The maximum absolute atomic E-state index is 12.3. The second kappa shape index (κ2) is 8.67. The van der Waals surface area contributed by atoms with E-state index in [9.17, 15) is 9.59 Å². The second-order valence-corrected chi connectivity index (χ2v) is 7.89. The predicted octanol–water partition coefficient (Wildman–Crippen LogP) is 3.97. The highest BCUT2D eigenvalue weighted by Gasteiger charge is 2.26. The van der Waals surface area contributed by atoms with Crippen molar-refractivity contribution in [1.29, 1.82) is 0 Å². The first-order chi connectivity index (χ1) is 14.5. The third-order valence-electron chi connectivity index (χ3n) is 5.50. The molecule has 1 aliphatic heterocycles. The zero-order valence-electron chi connectivity index (χ0n) is 17.3. The maximum Gasteiger partial charge on any atom is 0.325 e. The molecule has 0 aliphatic carbocycles. The predicted molar refractivity (Wildman–Crippen MR) is 116 cm³/mol. The fraction of sp³-hybridized carbons (Fsp3) is 0.348. The van der Waals surface area contributed by atoms with Crippen LogP contribution in [0.4, 0.5) is 10.5 Å². The summed E-state index contributed by atoms with van der Waals surface area (Å²) in [6, 6.07) is 13.0. The Hall–Kier alpha value is -3.19. The number of aromatic nitrogens is 1. The molecule has 0 spiro atoms. The number of nitrogens with zero attached hydrogens (tertiary/aromatic N) is 2. The zero-order chi connectivity index (χ0) is 21.1. The van der Waals surface area contributed by atoms with Gasteiger partial charge in [-0.2, -0.15) is 0 Å². The topological polar surface area (TPSA) is 87.5 Å². The Bertz CT molecular complexity index is 1030. The molecule has 1 saturated heterocycles. The lowest BCUT2D eigenvalue weighted by molar-refractivity contribution is -0.121. The number of likely N-dealkylation sites (tertiary alicyclic amines) is 1. The highest BCUT2D eigenvalue weighted by atomic mass is 16.3. The first kappa shape index (κ1) is 20.1. The average Bonchev–Trinajstić information content (AvgIpc) is 3.15. The molecule has 0 atom stereocenters. The molecule has 2 aromatic carbocycles. The number of piperidine rings is 1. The van der Waals surface area contributed by atoms with E-state index in [0.717, 1.165) is 54.0 Å². The first-order valence-corrected chi connectivity index (χ1v) is 10.2. The Morgan fingerprint density at radius 2 is 1.90 bits per heavy atom. The van der Waals surface area contributed by atoms with Gasteiger partial charge in [-0.15, -0.1) is 0 Å². The Kier molecular flexibility index (Phi) is 5.81. The number of para-hydroxylation sites is 2. The van der Waals surface area contributed by atoms with Crippen molar-refractivity contribution in [2.24, 2.45) is 0 Å². The molecule has 156 valence electrons. The highest BCUT2D eigenvalue weighted by Crippen LogP contribution is 2.29. The summed E-state index contributed by atoms with van der Waals surface area (Å²) in [6.07, 6.45) is 1.74. The van der Waals surface area contributed by atoms with Crippen LogP contribution in [-0.4, -0.2) is 41.5 Å². The summed E-state index contributed by atoms with van der Waals surface area (Å²) in [5.41, 5.74) is 4.47. The van der Waals surface area contributed by atoms with E-state index in [0.29, 0.717) is 5.69 Å². The molecule has 1 aliphatic rings. The van der Waals surface area contributed by atoms with E-state index < -0.39 is 6.03 Å². The minimum atomic E-state index is -0.506. The first-order valence-electron chi connectivity index (χ1n) is 10.2. The number of amides is 3. The van der Waals surface area contributed by atoms with Crippen LogP contribution in [-0.2, 0) is 4.79 Å². The van der Waals surface area contributed by atoms with Gasteiger partial charge in [-0.25, -0.2) is 9.78 Å². The quantitative estimate of drug-likeness (QED) is 0.684. The number of nitrogens with one attached hydrogen (secondary N) is 2. The third kappa shape index (κ3) is 4.68. The second-order valence-electron chi connectivity index (χ2n) is 7.89. The lowest BCUT2D eigenvalue weighted by atomic mass is 9.97. The van der Waals surface area contributed by atoms with Crippen molar-refractivity contribution in [3.63, 3.8) is 0 Å². The Morgan fingerprint density at radius 3 is 2.63 bits per heavy atom. The minimum Gasteiger partial charge on any atom is -0.440 e. The van der Waals surface area contributed by atoms with Gasteiger partial charge < -0.3 is 9.73 Å². The van der Waals surface area contributed by atoms with Crippen LogP contribution < -0.4 is 10.6 Å². The van der Waals surface area contributed by atoms with Crippen molar-refractivity contribution in [2.75, 3.05) is 25.0 Å². The number of carbonyl (C=O) groups is 2. The van der Waals surface area contributed by atoms with Crippen LogP contribution in [0.15, 0.2) is 46.9 Å². The summed E-state index contributed by atoms with van der Waals surface area (Å²) < 4.78 is 5.89. The van der Waals surface area contributed by atoms with Crippen LogP contribution in [0.2, 0.25) is 0 Å². The Morgan fingerprint density at radius 1 is 1.13 bits per heavy atom. The number of imide groups is 1. The normalized spacial score (nSPS) is 15.3. The molecule has 1 aromatic heterocycles. The van der Waals surface area contributed by atoms with Gasteiger partial charge >= 0.3 is 6.03 Å². The standard InChI is InChI=1S/C23H26N4O3/c1-15-7-8-18(16(2)13-15)25-23(29)26-21(28)14-27-11-9-17(10-12-27)22-24-19-5-3-4-6-20(19)30-22/h3-8,13,17H,9-12,14H2,1-2H3,(H2,25,26,28,29). The molecule has 3 aromatic rings. The van der Waals surface area contributed by atoms with Gasteiger partial charge in [0.25, 0.3) is 0 Å². The molecule has 7 heteroatoms. The summed E-state index contributed by atoms with van der Waals surface area (Å²) in [6.45, 7) is 5.63.